The number of amides is 1. The Morgan fingerprint density at radius 2 is 1.89 bits per heavy atom. The summed E-state index contributed by atoms with van der Waals surface area (Å²) in [6.07, 6.45) is 0. The van der Waals surface area contributed by atoms with Crippen molar-refractivity contribution in [1.29, 1.82) is 0 Å². The van der Waals surface area contributed by atoms with E-state index in [4.69, 9.17) is 23.2 Å². The minimum atomic E-state index is -0.480. The molecule has 5 nitrogen and oxygen atoms in total. The number of carbonyl (C=O) groups is 1. The van der Waals surface area contributed by atoms with E-state index in [2.05, 4.69) is 20.3 Å². The Balaban J connectivity index is 1.64. The lowest BCUT2D eigenvalue weighted by molar-refractivity contribution is 0.102. The summed E-state index contributed by atoms with van der Waals surface area (Å²) in [6, 6.07) is 14.3. The number of nitrogens with zero attached hydrogens (tertiary/aromatic N) is 2. The van der Waals surface area contributed by atoms with Crippen LogP contribution in [0.1, 0.15) is 10.5 Å². The van der Waals surface area contributed by atoms with Gasteiger partial charge >= 0.3 is 0 Å². The number of nitrogens with one attached hydrogen (secondary N) is 2. The Labute approximate surface area is 163 Å². The summed E-state index contributed by atoms with van der Waals surface area (Å²) in [4.78, 5) is 23.9. The Kier molecular flexibility index (Phi) is 4.51. The average Bonchev–Trinajstić information content (AvgIpc) is 3.07. The van der Waals surface area contributed by atoms with Crippen LogP contribution in [0.5, 0.6) is 0 Å². The number of imidazole rings is 1. The Morgan fingerprint density at radius 3 is 2.70 bits per heavy atom. The van der Waals surface area contributed by atoms with E-state index < -0.39 is 5.91 Å². The average molecular weight is 401 g/mol. The SMILES string of the molecule is O=C(Nc1ccc2nc(-c3cccc(F)c3)[nH]c2c1)c1nc(Cl)ccc1Cl. The topological polar surface area (TPSA) is 70.7 Å². The molecule has 8 heteroatoms. The van der Waals surface area contributed by atoms with Gasteiger partial charge in [-0.05, 0) is 42.5 Å². The van der Waals surface area contributed by atoms with E-state index in [9.17, 15) is 9.18 Å². The van der Waals surface area contributed by atoms with E-state index in [1.165, 1.54) is 24.3 Å². The maximum atomic E-state index is 13.4. The quantitative estimate of drug-likeness (QED) is 0.457. The molecule has 4 aromatic rings. The van der Waals surface area contributed by atoms with Crippen molar-refractivity contribution < 1.29 is 9.18 Å². The van der Waals surface area contributed by atoms with Crippen LogP contribution in [-0.2, 0) is 0 Å². The second-order valence-corrected chi connectivity index (χ2v) is 6.54. The lowest BCUT2D eigenvalue weighted by Crippen LogP contribution is -2.14. The third-order valence-electron chi connectivity index (χ3n) is 3.86. The molecule has 27 heavy (non-hydrogen) atoms. The number of aromatic amines is 1. The highest BCUT2D eigenvalue weighted by Crippen LogP contribution is 2.24. The normalized spacial score (nSPS) is 10.9. The van der Waals surface area contributed by atoms with Crippen molar-refractivity contribution in [1.82, 2.24) is 15.0 Å². The van der Waals surface area contributed by atoms with Gasteiger partial charge in [-0.3, -0.25) is 4.79 Å². The van der Waals surface area contributed by atoms with E-state index in [1.807, 2.05) is 0 Å². The van der Waals surface area contributed by atoms with Gasteiger partial charge in [0.25, 0.3) is 5.91 Å². The summed E-state index contributed by atoms with van der Waals surface area (Å²) in [6.45, 7) is 0. The third kappa shape index (κ3) is 3.63. The number of hydrogen-bond acceptors (Lipinski definition) is 3. The van der Waals surface area contributed by atoms with Crippen LogP contribution in [0.15, 0.2) is 54.6 Å². The molecule has 0 radical (unpaired) electrons. The summed E-state index contributed by atoms with van der Waals surface area (Å²) in [5.41, 5.74) is 2.57. The first kappa shape index (κ1) is 17.5. The molecule has 0 bridgehead atoms. The van der Waals surface area contributed by atoms with E-state index in [1.54, 1.807) is 30.3 Å². The molecular formula is C19H11Cl2FN4O. The lowest BCUT2D eigenvalue weighted by Gasteiger charge is -2.06. The van der Waals surface area contributed by atoms with E-state index in [-0.39, 0.29) is 21.7 Å². The van der Waals surface area contributed by atoms with Gasteiger partial charge in [-0.25, -0.2) is 14.4 Å². The number of hydrogen-bond donors (Lipinski definition) is 2. The van der Waals surface area contributed by atoms with Gasteiger partial charge in [0.15, 0.2) is 0 Å². The van der Waals surface area contributed by atoms with Crippen LogP contribution < -0.4 is 5.32 Å². The van der Waals surface area contributed by atoms with Crippen molar-refractivity contribution >= 4 is 45.8 Å². The second kappa shape index (κ2) is 6.98. The number of fused-ring (bicyclic) bond motifs is 1. The van der Waals surface area contributed by atoms with Crippen molar-refractivity contribution in [3.05, 3.63) is 76.3 Å². The number of carbonyl (C=O) groups excluding carboxylic acids is 1. The minimum Gasteiger partial charge on any atom is -0.338 e. The van der Waals surface area contributed by atoms with E-state index >= 15 is 0 Å². The highest BCUT2D eigenvalue weighted by atomic mass is 35.5. The fourth-order valence-corrected chi connectivity index (χ4v) is 2.97. The molecule has 134 valence electrons. The Bertz CT molecular complexity index is 1180. The van der Waals surface area contributed by atoms with Crippen molar-refractivity contribution in [2.75, 3.05) is 5.32 Å². The first-order chi connectivity index (χ1) is 13.0. The molecule has 2 heterocycles. The molecule has 0 unspecified atom stereocenters. The third-order valence-corrected chi connectivity index (χ3v) is 4.38. The number of rotatable bonds is 3. The molecule has 0 atom stereocenters. The fourth-order valence-electron chi connectivity index (χ4n) is 2.63. The molecule has 0 fully saturated rings. The van der Waals surface area contributed by atoms with Gasteiger partial charge in [-0.2, -0.15) is 0 Å². The van der Waals surface area contributed by atoms with Gasteiger partial charge in [0.1, 0.15) is 22.5 Å². The number of H-pyrrole nitrogens is 1. The number of benzene rings is 2. The van der Waals surface area contributed by atoms with E-state index in [0.29, 0.717) is 28.1 Å². The van der Waals surface area contributed by atoms with Crippen molar-refractivity contribution in [3.8, 4) is 11.4 Å². The smallest absolute Gasteiger partial charge is 0.275 e. The predicted octanol–water partition coefficient (Wildman–Crippen LogP) is 5.32. The van der Waals surface area contributed by atoms with Gasteiger partial charge in [0.05, 0.1) is 16.1 Å². The number of pyridine rings is 1. The van der Waals surface area contributed by atoms with Crippen molar-refractivity contribution in [2.45, 2.75) is 0 Å². The number of halogens is 3. The Morgan fingerprint density at radius 1 is 1.04 bits per heavy atom. The lowest BCUT2D eigenvalue weighted by atomic mass is 10.2. The van der Waals surface area contributed by atoms with Crippen LogP contribution in [-0.4, -0.2) is 20.9 Å². The van der Waals surface area contributed by atoms with Crippen LogP contribution in [0.2, 0.25) is 10.2 Å². The van der Waals surface area contributed by atoms with Crippen LogP contribution in [0.25, 0.3) is 22.4 Å². The van der Waals surface area contributed by atoms with Gasteiger partial charge in [-0.15, -0.1) is 0 Å². The summed E-state index contributed by atoms with van der Waals surface area (Å²) >= 11 is 11.8. The zero-order valence-corrected chi connectivity index (χ0v) is 15.1. The molecular weight excluding hydrogens is 390 g/mol. The van der Waals surface area contributed by atoms with Crippen molar-refractivity contribution in [3.63, 3.8) is 0 Å². The summed E-state index contributed by atoms with van der Waals surface area (Å²) in [5, 5.41) is 3.10. The van der Waals surface area contributed by atoms with Gasteiger partial charge in [0.2, 0.25) is 0 Å². The predicted molar refractivity (Wildman–Crippen MR) is 104 cm³/mol. The highest BCUT2D eigenvalue weighted by Gasteiger charge is 2.14. The second-order valence-electron chi connectivity index (χ2n) is 5.75. The van der Waals surface area contributed by atoms with Crippen LogP contribution in [0, 0.1) is 5.82 Å². The zero-order valence-electron chi connectivity index (χ0n) is 13.6. The molecule has 0 aliphatic rings. The molecule has 0 spiro atoms. The molecule has 2 aromatic carbocycles. The Hall–Kier alpha value is -2.96. The van der Waals surface area contributed by atoms with Crippen LogP contribution in [0.4, 0.5) is 10.1 Å². The van der Waals surface area contributed by atoms with Gasteiger partial charge in [0, 0.05) is 11.3 Å². The molecule has 0 saturated carbocycles. The fraction of sp³-hybridized carbons (Fsp3) is 0. The van der Waals surface area contributed by atoms with Crippen LogP contribution in [0.3, 0.4) is 0 Å². The van der Waals surface area contributed by atoms with E-state index in [0.717, 1.165) is 0 Å². The largest absolute Gasteiger partial charge is 0.338 e. The minimum absolute atomic E-state index is 0.0364. The molecule has 2 aromatic heterocycles. The van der Waals surface area contributed by atoms with Crippen molar-refractivity contribution in [2.24, 2.45) is 0 Å². The monoisotopic (exact) mass is 400 g/mol. The summed E-state index contributed by atoms with van der Waals surface area (Å²) in [7, 11) is 0. The zero-order chi connectivity index (χ0) is 19.0. The molecule has 1 amide bonds. The van der Waals surface area contributed by atoms with Gasteiger partial charge in [-0.1, -0.05) is 35.3 Å². The number of anilines is 1. The highest BCUT2D eigenvalue weighted by molar-refractivity contribution is 6.35. The first-order valence-electron chi connectivity index (χ1n) is 7.89. The molecule has 0 saturated heterocycles. The molecule has 4 rings (SSSR count). The summed E-state index contributed by atoms with van der Waals surface area (Å²) < 4.78 is 13.4. The molecule has 0 aliphatic heterocycles. The van der Waals surface area contributed by atoms with Crippen LogP contribution >= 0.6 is 23.2 Å². The molecule has 0 aliphatic carbocycles. The maximum absolute atomic E-state index is 13.4. The molecule has 2 N–H and O–H groups in total. The first-order valence-corrected chi connectivity index (χ1v) is 8.64. The van der Waals surface area contributed by atoms with Gasteiger partial charge < -0.3 is 10.3 Å². The summed E-state index contributed by atoms with van der Waals surface area (Å²) in [5.74, 6) is -0.286. The maximum Gasteiger partial charge on any atom is 0.275 e. The number of aromatic nitrogens is 3. The standard InChI is InChI=1S/C19H11Cl2FN4O/c20-13-5-7-16(21)26-17(13)19(27)23-12-4-6-14-15(9-12)25-18(24-14)10-2-1-3-11(22)8-10/h1-9H,(H,23,27)(H,24,25).